The molecular weight excluding hydrogens is 389 g/mol. The second-order valence-electron chi connectivity index (χ2n) is 6.30. The van der Waals surface area contributed by atoms with Crippen molar-refractivity contribution in [1.82, 2.24) is 15.3 Å². The Morgan fingerprint density at radius 1 is 1.14 bits per heavy atom. The highest BCUT2D eigenvalue weighted by Gasteiger charge is 2.29. The number of carbonyl (C=O) groups excluding carboxylic acids is 1. The fourth-order valence-corrected chi connectivity index (χ4v) is 3.12. The van der Waals surface area contributed by atoms with Gasteiger partial charge >= 0.3 is 6.18 Å². The van der Waals surface area contributed by atoms with E-state index in [1.54, 1.807) is 11.3 Å². The number of aromatic nitrogens is 2. The highest BCUT2D eigenvalue weighted by molar-refractivity contribution is 7.17. The molecule has 2 N–H and O–H groups in total. The van der Waals surface area contributed by atoms with Crippen molar-refractivity contribution in [1.29, 1.82) is 0 Å². The van der Waals surface area contributed by atoms with Gasteiger partial charge in [-0.1, -0.05) is 12.2 Å². The Balaban J connectivity index is 1.63. The van der Waals surface area contributed by atoms with Crippen LogP contribution in [-0.4, -0.2) is 35.1 Å². The molecule has 0 saturated carbocycles. The van der Waals surface area contributed by atoms with Gasteiger partial charge in [-0.2, -0.15) is 13.2 Å². The van der Waals surface area contributed by atoms with Gasteiger partial charge in [0, 0.05) is 24.2 Å². The first-order chi connectivity index (χ1) is 13.3. The Bertz CT molecular complexity index is 858. The average Bonchev–Trinajstić information content (AvgIpc) is 3.13. The minimum Gasteiger partial charge on any atom is -0.369 e. The third-order valence-electron chi connectivity index (χ3n) is 4.06. The highest BCUT2D eigenvalue weighted by atomic mass is 32.1. The smallest absolute Gasteiger partial charge is 0.369 e. The van der Waals surface area contributed by atoms with Gasteiger partial charge in [0.05, 0.1) is 10.2 Å². The normalized spacial score (nSPS) is 13.0. The molecule has 0 aliphatic rings. The zero-order valence-electron chi connectivity index (χ0n) is 15.8. The number of hydrogen-bond acceptors (Lipinski definition) is 5. The Labute approximate surface area is 165 Å². The van der Waals surface area contributed by atoms with E-state index < -0.39 is 11.7 Å². The molecule has 0 spiro atoms. The van der Waals surface area contributed by atoms with E-state index in [1.165, 1.54) is 19.3 Å². The molecule has 0 atom stereocenters. The number of halogens is 3. The van der Waals surface area contributed by atoms with Crippen LogP contribution in [0.1, 0.15) is 33.1 Å². The number of allylic oxidation sites excluding steroid dienone is 3. The SMILES string of the molecule is C/C(=C\C=C(/C)C(F)(F)F)C(=O)NCCCCCNc1ncnc2ccsc12. The molecule has 28 heavy (non-hydrogen) atoms. The number of unbranched alkanes of at least 4 members (excludes halogenated alkanes) is 2. The van der Waals surface area contributed by atoms with Gasteiger partial charge < -0.3 is 10.6 Å². The number of anilines is 1. The zero-order chi connectivity index (χ0) is 20.6. The molecule has 0 unspecified atom stereocenters. The first kappa shape index (κ1) is 21.9. The number of hydrogen-bond donors (Lipinski definition) is 2. The second-order valence-corrected chi connectivity index (χ2v) is 7.21. The van der Waals surface area contributed by atoms with Crippen LogP contribution in [-0.2, 0) is 4.79 Å². The van der Waals surface area contributed by atoms with Crippen LogP contribution in [0, 0.1) is 0 Å². The number of alkyl halides is 3. The van der Waals surface area contributed by atoms with E-state index in [9.17, 15) is 18.0 Å². The lowest BCUT2D eigenvalue weighted by Gasteiger charge is -2.08. The van der Waals surface area contributed by atoms with Crippen molar-refractivity contribution in [3.63, 3.8) is 0 Å². The lowest BCUT2D eigenvalue weighted by atomic mass is 10.2. The summed E-state index contributed by atoms with van der Waals surface area (Å²) in [5.74, 6) is 0.474. The average molecular weight is 412 g/mol. The predicted octanol–water partition coefficient (Wildman–Crippen LogP) is 4.84. The van der Waals surface area contributed by atoms with E-state index in [2.05, 4.69) is 20.6 Å². The molecule has 2 aromatic rings. The molecule has 2 rings (SSSR count). The first-order valence-corrected chi connectivity index (χ1v) is 9.79. The maximum absolute atomic E-state index is 12.4. The van der Waals surface area contributed by atoms with Gasteiger partial charge in [0.15, 0.2) is 0 Å². The Morgan fingerprint density at radius 2 is 1.89 bits per heavy atom. The molecule has 0 bridgehead atoms. The van der Waals surface area contributed by atoms with Crippen LogP contribution < -0.4 is 10.6 Å². The van der Waals surface area contributed by atoms with E-state index >= 15 is 0 Å². The summed E-state index contributed by atoms with van der Waals surface area (Å²) in [5, 5.41) is 7.99. The molecule has 0 radical (unpaired) electrons. The van der Waals surface area contributed by atoms with Crippen molar-refractivity contribution < 1.29 is 18.0 Å². The van der Waals surface area contributed by atoms with E-state index in [0.717, 1.165) is 54.8 Å². The standard InChI is InChI=1S/C19H23F3N4OS/c1-13(6-7-14(2)19(20,21)22)18(27)24-10-5-3-4-9-23-17-16-15(8-11-28-16)25-12-26-17/h6-8,11-12H,3-5,9-10H2,1-2H3,(H,24,27)(H,23,25,26)/b13-6+,14-7+. The molecule has 2 heterocycles. The fourth-order valence-electron chi connectivity index (χ4n) is 2.31. The molecule has 5 nitrogen and oxygen atoms in total. The number of carbonyl (C=O) groups is 1. The number of thiophene rings is 1. The molecule has 0 aliphatic heterocycles. The summed E-state index contributed by atoms with van der Waals surface area (Å²) in [7, 11) is 0. The predicted molar refractivity (Wildman–Crippen MR) is 106 cm³/mol. The Hall–Kier alpha value is -2.42. The third-order valence-corrected chi connectivity index (χ3v) is 4.97. The summed E-state index contributed by atoms with van der Waals surface area (Å²) in [4.78, 5) is 20.3. The van der Waals surface area contributed by atoms with E-state index in [1.807, 2.05) is 11.4 Å². The van der Waals surface area contributed by atoms with Crippen molar-refractivity contribution in [2.45, 2.75) is 39.3 Å². The van der Waals surface area contributed by atoms with Crippen LogP contribution in [0.2, 0.25) is 0 Å². The largest absolute Gasteiger partial charge is 0.412 e. The minimum absolute atomic E-state index is 0.244. The van der Waals surface area contributed by atoms with Crippen molar-refractivity contribution in [2.24, 2.45) is 0 Å². The van der Waals surface area contributed by atoms with Gasteiger partial charge in [0.2, 0.25) is 5.91 Å². The second kappa shape index (κ2) is 10.2. The van der Waals surface area contributed by atoms with Crippen LogP contribution in [0.4, 0.5) is 19.0 Å². The maximum Gasteiger partial charge on any atom is 0.412 e. The summed E-state index contributed by atoms with van der Waals surface area (Å²) >= 11 is 1.59. The number of nitrogens with one attached hydrogen (secondary N) is 2. The molecule has 9 heteroatoms. The van der Waals surface area contributed by atoms with Crippen LogP contribution in [0.3, 0.4) is 0 Å². The molecule has 1 amide bonds. The number of amides is 1. The van der Waals surface area contributed by atoms with E-state index in [0.29, 0.717) is 6.54 Å². The molecule has 2 aromatic heterocycles. The van der Waals surface area contributed by atoms with Crippen molar-refractivity contribution in [3.05, 3.63) is 41.1 Å². The monoisotopic (exact) mass is 412 g/mol. The third kappa shape index (κ3) is 6.63. The maximum atomic E-state index is 12.4. The van der Waals surface area contributed by atoms with Crippen LogP contribution >= 0.6 is 11.3 Å². The Kier molecular flexibility index (Phi) is 7.98. The molecular formula is C19H23F3N4OS. The number of nitrogens with zero attached hydrogens (tertiary/aromatic N) is 2. The molecule has 0 saturated heterocycles. The quantitative estimate of drug-likeness (QED) is 0.351. The van der Waals surface area contributed by atoms with Crippen molar-refractivity contribution in [2.75, 3.05) is 18.4 Å². The molecule has 0 aliphatic carbocycles. The summed E-state index contributed by atoms with van der Waals surface area (Å²) in [6.07, 6.45) is 1.87. The first-order valence-electron chi connectivity index (χ1n) is 8.91. The number of rotatable bonds is 9. The lowest BCUT2D eigenvalue weighted by molar-refractivity contribution is -0.117. The van der Waals surface area contributed by atoms with Gasteiger partial charge in [-0.15, -0.1) is 11.3 Å². The Morgan fingerprint density at radius 3 is 2.64 bits per heavy atom. The van der Waals surface area contributed by atoms with Gasteiger partial charge in [0.25, 0.3) is 0 Å². The zero-order valence-corrected chi connectivity index (χ0v) is 16.6. The molecule has 152 valence electrons. The van der Waals surface area contributed by atoms with E-state index in [-0.39, 0.29) is 11.5 Å². The lowest BCUT2D eigenvalue weighted by Crippen LogP contribution is -2.25. The van der Waals surface area contributed by atoms with Crippen LogP contribution in [0.25, 0.3) is 10.2 Å². The molecule has 0 aromatic carbocycles. The van der Waals surface area contributed by atoms with Gasteiger partial charge in [0.1, 0.15) is 12.1 Å². The van der Waals surface area contributed by atoms with Crippen molar-refractivity contribution in [3.8, 4) is 0 Å². The van der Waals surface area contributed by atoms with Gasteiger partial charge in [-0.05, 0) is 44.6 Å². The fraction of sp³-hybridized carbons (Fsp3) is 0.421. The number of fused-ring (bicyclic) bond motifs is 1. The van der Waals surface area contributed by atoms with Crippen LogP contribution in [0.15, 0.2) is 41.1 Å². The van der Waals surface area contributed by atoms with Crippen LogP contribution in [0.5, 0.6) is 0 Å². The summed E-state index contributed by atoms with van der Waals surface area (Å²) in [6.45, 7) is 3.71. The summed E-state index contributed by atoms with van der Waals surface area (Å²) in [5.41, 5.74) is 0.429. The summed E-state index contributed by atoms with van der Waals surface area (Å²) in [6, 6.07) is 1.95. The highest BCUT2D eigenvalue weighted by Crippen LogP contribution is 2.25. The minimum atomic E-state index is -4.37. The summed E-state index contributed by atoms with van der Waals surface area (Å²) < 4.78 is 38.3. The van der Waals surface area contributed by atoms with Crippen molar-refractivity contribution >= 4 is 33.3 Å². The topological polar surface area (TPSA) is 66.9 Å². The van der Waals surface area contributed by atoms with E-state index in [4.69, 9.17) is 0 Å². The molecule has 0 fully saturated rings. The van der Waals surface area contributed by atoms with Gasteiger partial charge in [-0.25, -0.2) is 9.97 Å². The van der Waals surface area contributed by atoms with Gasteiger partial charge in [-0.3, -0.25) is 4.79 Å².